The fourth-order valence-corrected chi connectivity index (χ4v) is 1.44. The second kappa shape index (κ2) is 5.45. The molecule has 0 heterocycles. The molecule has 0 saturated heterocycles. The summed E-state index contributed by atoms with van der Waals surface area (Å²) in [6.45, 7) is 0. The van der Waals surface area contributed by atoms with E-state index in [0.717, 1.165) is 0 Å². The lowest BCUT2D eigenvalue weighted by atomic mass is 10.0. The first-order chi connectivity index (χ1) is 7.91. The summed E-state index contributed by atoms with van der Waals surface area (Å²) in [6.07, 6.45) is -0.124. The second-order valence-electron chi connectivity index (χ2n) is 4.03. The molecule has 0 fully saturated rings. The molecule has 0 radical (unpaired) electrons. The number of carbonyl (C=O) groups excluding carboxylic acids is 1. The monoisotopic (exact) mass is 236 g/mol. The van der Waals surface area contributed by atoms with Gasteiger partial charge in [0.1, 0.15) is 0 Å². The SMILES string of the molecule is CN(C)C(=O)c1ccc(C(N)CC(=O)O)cc1. The minimum Gasteiger partial charge on any atom is -0.481 e. The number of nitrogens with zero attached hydrogens (tertiary/aromatic N) is 1. The molecule has 0 bridgehead atoms. The number of hydrogen-bond donors (Lipinski definition) is 2. The summed E-state index contributed by atoms with van der Waals surface area (Å²) in [4.78, 5) is 23.6. The number of carbonyl (C=O) groups is 2. The zero-order valence-corrected chi connectivity index (χ0v) is 9.88. The van der Waals surface area contributed by atoms with Gasteiger partial charge in [0.05, 0.1) is 6.42 Å². The summed E-state index contributed by atoms with van der Waals surface area (Å²) < 4.78 is 0. The number of rotatable bonds is 4. The van der Waals surface area contributed by atoms with E-state index in [1.807, 2.05) is 0 Å². The number of nitrogens with two attached hydrogens (primary N) is 1. The van der Waals surface area contributed by atoms with Crippen molar-refractivity contribution in [3.8, 4) is 0 Å². The molecule has 17 heavy (non-hydrogen) atoms. The molecule has 5 heteroatoms. The maximum atomic E-state index is 11.6. The van der Waals surface area contributed by atoms with Crippen molar-refractivity contribution >= 4 is 11.9 Å². The predicted molar refractivity (Wildman–Crippen MR) is 63.6 cm³/mol. The van der Waals surface area contributed by atoms with Gasteiger partial charge in [-0.15, -0.1) is 0 Å². The van der Waals surface area contributed by atoms with Crippen LogP contribution in [0.1, 0.15) is 28.4 Å². The first kappa shape index (κ1) is 13.2. The van der Waals surface area contributed by atoms with Crippen LogP contribution < -0.4 is 5.73 Å². The molecular weight excluding hydrogens is 220 g/mol. The lowest BCUT2D eigenvalue weighted by Crippen LogP contribution is -2.21. The second-order valence-corrected chi connectivity index (χ2v) is 4.03. The highest BCUT2D eigenvalue weighted by Crippen LogP contribution is 2.15. The van der Waals surface area contributed by atoms with Gasteiger partial charge in [-0.05, 0) is 17.7 Å². The first-order valence-corrected chi connectivity index (χ1v) is 5.21. The van der Waals surface area contributed by atoms with Gasteiger partial charge in [0.15, 0.2) is 0 Å². The maximum Gasteiger partial charge on any atom is 0.305 e. The minimum absolute atomic E-state index is 0.0941. The number of carboxylic acids is 1. The molecule has 1 atom stereocenters. The number of aliphatic carboxylic acids is 1. The average Bonchev–Trinajstić information content (AvgIpc) is 2.27. The van der Waals surface area contributed by atoms with E-state index in [2.05, 4.69) is 0 Å². The quantitative estimate of drug-likeness (QED) is 0.812. The van der Waals surface area contributed by atoms with E-state index in [4.69, 9.17) is 10.8 Å². The molecule has 0 aliphatic rings. The van der Waals surface area contributed by atoms with Gasteiger partial charge < -0.3 is 15.7 Å². The third-order valence-corrected chi connectivity index (χ3v) is 2.39. The molecule has 92 valence electrons. The minimum atomic E-state index is -0.939. The standard InChI is InChI=1S/C12H16N2O3/c1-14(2)12(17)9-5-3-8(4-6-9)10(13)7-11(15)16/h3-6,10H,7,13H2,1-2H3,(H,15,16). The van der Waals surface area contributed by atoms with Gasteiger partial charge in [-0.1, -0.05) is 12.1 Å². The number of hydrogen-bond acceptors (Lipinski definition) is 3. The summed E-state index contributed by atoms with van der Waals surface area (Å²) in [5.41, 5.74) is 6.97. The van der Waals surface area contributed by atoms with Crippen LogP contribution in [-0.2, 0) is 4.79 Å². The van der Waals surface area contributed by atoms with Crippen LogP contribution in [0.2, 0.25) is 0 Å². The van der Waals surface area contributed by atoms with E-state index in [1.165, 1.54) is 4.90 Å². The van der Waals surface area contributed by atoms with Crippen molar-refractivity contribution < 1.29 is 14.7 Å². The van der Waals surface area contributed by atoms with Gasteiger partial charge in [0.2, 0.25) is 0 Å². The normalized spacial score (nSPS) is 11.9. The van der Waals surface area contributed by atoms with E-state index in [0.29, 0.717) is 11.1 Å². The Morgan fingerprint density at radius 1 is 1.29 bits per heavy atom. The van der Waals surface area contributed by atoms with Gasteiger partial charge in [0, 0.05) is 25.7 Å². The van der Waals surface area contributed by atoms with Gasteiger partial charge in [-0.3, -0.25) is 9.59 Å². The van der Waals surface area contributed by atoms with Gasteiger partial charge in [-0.2, -0.15) is 0 Å². The molecule has 1 rings (SSSR count). The van der Waals surface area contributed by atoms with Gasteiger partial charge in [0.25, 0.3) is 5.91 Å². The van der Waals surface area contributed by atoms with Crippen molar-refractivity contribution in [3.05, 3.63) is 35.4 Å². The number of carboxylic acid groups (broad SMARTS) is 1. The lowest BCUT2D eigenvalue weighted by Gasteiger charge is -2.12. The summed E-state index contributed by atoms with van der Waals surface area (Å²) in [6, 6.07) is 6.13. The zero-order valence-electron chi connectivity index (χ0n) is 9.88. The highest BCUT2D eigenvalue weighted by molar-refractivity contribution is 5.93. The summed E-state index contributed by atoms with van der Waals surface area (Å²) in [7, 11) is 3.35. The molecular formula is C12H16N2O3. The van der Waals surface area contributed by atoms with Crippen LogP contribution in [-0.4, -0.2) is 36.0 Å². The van der Waals surface area contributed by atoms with Crippen LogP contribution >= 0.6 is 0 Å². The van der Waals surface area contributed by atoms with Crippen LogP contribution in [0.4, 0.5) is 0 Å². The maximum absolute atomic E-state index is 11.6. The molecule has 5 nitrogen and oxygen atoms in total. The van der Waals surface area contributed by atoms with E-state index in [-0.39, 0.29) is 12.3 Å². The highest BCUT2D eigenvalue weighted by atomic mass is 16.4. The van der Waals surface area contributed by atoms with Crippen molar-refractivity contribution in [3.63, 3.8) is 0 Å². The number of benzene rings is 1. The summed E-state index contributed by atoms with van der Waals surface area (Å²) in [5, 5.41) is 8.62. The third-order valence-electron chi connectivity index (χ3n) is 2.39. The molecule has 0 spiro atoms. The van der Waals surface area contributed by atoms with Gasteiger partial charge in [-0.25, -0.2) is 0 Å². The van der Waals surface area contributed by atoms with Crippen molar-refractivity contribution in [1.82, 2.24) is 4.90 Å². The molecule has 0 aliphatic heterocycles. The lowest BCUT2D eigenvalue weighted by molar-refractivity contribution is -0.137. The Morgan fingerprint density at radius 2 is 1.82 bits per heavy atom. The predicted octanol–water partition coefficient (Wildman–Crippen LogP) is 0.863. The molecule has 1 unspecified atom stereocenters. The van der Waals surface area contributed by atoms with E-state index in [9.17, 15) is 9.59 Å². The Morgan fingerprint density at radius 3 is 2.24 bits per heavy atom. The van der Waals surface area contributed by atoms with Crippen molar-refractivity contribution in [2.75, 3.05) is 14.1 Å². The van der Waals surface area contributed by atoms with Crippen LogP contribution in [0.3, 0.4) is 0 Å². The van der Waals surface area contributed by atoms with E-state index in [1.54, 1.807) is 38.4 Å². The fourth-order valence-electron chi connectivity index (χ4n) is 1.44. The summed E-state index contributed by atoms with van der Waals surface area (Å²) in [5.74, 6) is -1.03. The average molecular weight is 236 g/mol. The first-order valence-electron chi connectivity index (χ1n) is 5.21. The Bertz CT molecular complexity index is 412. The van der Waals surface area contributed by atoms with Gasteiger partial charge >= 0.3 is 5.97 Å². The topological polar surface area (TPSA) is 83.6 Å². The van der Waals surface area contributed by atoms with E-state index < -0.39 is 12.0 Å². The Balaban J connectivity index is 2.81. The fraction of sp³-hybridized carbons (Fsp3) is 0.333. The van der Waals surface area contributed by atoms with Crippen LogP contribution in [0.5, 0.6) is 0 Å². The molecule has 1 aromatic rings. The van der Waals surface area contributed by atoms with Crippen LogP contribution in [0.15, 0.2) is 24.3 Å². The van der Waals surface area contributed by atoms with Crippen molar-refractivity contribution in [1.29, 1.82) is 0 Å². The van der Waals surface area contributed by atoms with E-state index >= 15 is 0 Å². The molecule has 1 aromatic carbocycles. The largest absolute Gasteiger partial charge is 0.481 e. The Labute approximate surface area is 99.8 Å². The Kier molecular flexibility index (Phi) is 4.23. The molecule has 1 amide bonds. The van der Waals surface area contributed by atoms with Crippen LogP contribution in [0, 0.1) is 0 Å². The smallest absolute Gasteiger partial charge is 0.305 e. The summed E-state index contributed by atoms with van der Waals surface area (Å²) >= 11 is 0. The molecule has 0 aromatic heterocycles. The zero-order chi connectivity index (χ0) is 13.0. The molecule has 3 N–H and O–H groups in total. The molecule has 0 saturated carbocycles. The van der Waals surface area contributed by atoms with Crippen molar-refractivity contribution in [2.24, 2.45) is 5.73 Å². The Hall–Kier alpha value is -1.88. The van der Waals surface area contributed by atoms with Crippen molar-refractivity contribution in [2.45, 2.75) is 12.5 Å². The van der Waals surface area contributed by atoms with Crippen LogP contribution in [0.25, 0.3) is 0 Å². The molecule has 0 aliphatic carbocycles. The highest BCUT2D eigenvalue weighted by Gasteiger charge is 2.12. The number of amides is 1. The third kappa shape index (κ3) is 3.57.